The molecule has 0 aliphatic rings. The zero-order valence-corrected chi connectivity index (χ0v) is 11.4. The van der Waals surface area contributed by atoms with Gasteiger partial charge in [0.25, 0.3) is 0 Å². The summed E-state index contributed by atoms with van der Waals surface area (Å²) in [5.41, 5.74) is 2.58. The van der Waals surface area contributed by atoms with Gasteiger partial charge in [-0.3, -0.25) is 0 Å². The lowest BCUT2D eigenvalue weighted by Gasteiger charge is -2.17. The van der Waals surface area contributed by atoms with Gasteiger partial charge in [0.15, 0.2) is 0 Å². The summed E-state index contributed by atoms with van der Waals surface area (Å²) in [6.07, 6.45) is -2.82. The van der Waals surface area contributed by atoms with Crippen molar-refractivity contribution in [1.29, 1.82) is 0 Å². The summed E-state index contributed by atoms with van der Waals surface area (Å²) in [7, 11) is 0. The van der Waals surface area contributed by atoms with Gasteiger partial charge < -0.3 is 0 Å². The van der Waals surface area contributed by atoms with E-state index in [1.54, 1.807) is 12.1 Å². The van der Waals surface area contributed by atoms with Crippen LogP contribution in [0.1, 0.15) is 22.3 Å². The first kappa shape index (κ1) is 14.4. The molecule has 0 amide bonds. The molecule has 0 aliphatic carbocycles. The van der Waals surface area contributed by atoms with E-state index in [0.29, 0.717) is 11.1 Å². The van der Waals surface area contributed by atoms with Gasteiger partial charge in [0.2, 0.25) is 0 Å². The van der Waals surface area contributed by atoms with Crippen LogP contribution >= 0.6 is 0 Å². The average molecular weight is 276 g/mol. The second kappa shape index (κ2) is 5.16. The summed E-state index contributed by atoms with van der Waals surface area (Å²) in [5.74, 6) is 0. The van der Waals surface area contributed by atoms with Crippen LogP contribution in [0.15, 0.2) is 43.0 Å². The molecule has 0 saturated heterocycles. The number of hydrogen-bond donors (Lipinski definition) is 0. The molecule has 104 valence electrons. The summed E-state index contributed by atoms with van der Waals surface area (Å²) >= 11 is 0. The van der Waals surface area contributed by atoms with E-state index in [-0.39, 0.29) is 5.56 Å². The lowest BCUT2D eigenvalue weighted by Crippen LogP contribution is -2.08. The van der Waals surface area contributed by atoms with Crippen LogP contribution in [0.3, 0.4) is 0 Å². The highest BCUT2D eigenvalue weighted by molar-refractivity contribution is 5.76. The highest BCUT2D eigenvalue weighted by Gasteiger charge is 2.34. The molecule has 0 nitrogen and oxygen atoms in total. The quantitative estimate of drug-likeness (QED) is 0.666. The molecular weight excluding hydrogens is 261 g/mol. The van der Waals surface area contributed by atoms with Gasteiger partial charge >= 0.3 is 6.18 Å². The molecule has 0 N–H and O–H groups in total. The highest BCUT2D eigenvalue weighted by Crippen LogP contribution is 2.39. The second-order valence-corrected chi connectivity index (χ2v) is 4.77. The third-order valence-electron chi connectivity index (χ3n) is 3.34. The SMILES string of the molecule is C=Cc1ccc(C(F)(F)F)c(-c2c(C)cccc2C)c1. The number of halogens is 3. The third-order valence-corrected chi connectivity index (χ3v) is 3.34. The molecule has 0 radical (unpaired) electrons. The Bertz CT molecular complexity index is 632. The summed E-state index contributed by atoms with van der Waals surface area (Å²) in [6.45, 7) is 7.27. The second-order valence-electron chi connectivity index (χ2n) is 4.77. The van der Waals surface area contributed by atoms with E-state index in [1.807, 2.05) is 32.0 Å². The van der Waals surface area contributed by atoms with Crippen molar-refractivity contribution in [1.82, 2.24) is 0 Å². The van der Waals surface area contributed by atoms with E-state index in [4.69, 9.17) is 0 Å². The fourth-order valence-corrected chi connectivity index (χ4v) is 2.38. The number of alkyl halides is 3. The lowest BCUT2D eigenvalue weighted by atomic mass is 9.91. The molecule has 0 spiro atoms. The Balaban J connectivity index is 2.80. The average Bonchev–Trinajstić information content (AvgIpc) is 2.37. The van der Waals surface area contributed by atoms with Gasteiger partial charge in [-0.1, -0.05) is 36.9 Å². The van der Waals surface area contributed by atoms with E-state index < -0.39 is 11.7 Å². The normalized spacial score (nSPS) is 11.4. The molecule has 0 heterocycles. The summed E-state index contributed by atoms with van der Waals surface area (Å²) in [4.78, 5) is 0. The monoisotopic (exact) mass is 276 g/mol. The van der Waals surface area contributed by atoms with Gasteiger partial charge in [0.1, 0.15) is 0 Å². The van der Waals surface area contributed by atoms with Crippen LogP contribution in [0, 0.1) is 13.8 Å². The minimum Gasteiger partial charge on any atom is -0.166 e. The molecule has 0 aromatic heterocycles. The first-order valence-corrected chi connectivity index (χ1v) is 6.25. The molecule has 0 bridgehead atoms. The maximum atomic E-state index is 13.2. The third kappa shape index (κ3) is 2.62. The largest absolute Gasteiger partial charge is 0.417 e. The van der Waals surface area contributed by atoms with Crippen molar-refractivity contribution in [3.8, 4) is 11.1 Å². The van der Waals surface area contributed by atoms with Crippen LogP contribution in [0.5, 0.6) is 0 Å². The fraction of sp³-hybridized carbons (Fsp3) is 0.176. The molecule has 2 aromatic carbocycles. The fourth-order valence-electron chi connectivity index (χ4n) is 2.38. The first-order valence-electron chi connectivity index (χ1n) is 6.25. The minimum absolute atomic E-state index is 0.213. The Morgan fingerprint density at radius 2 is 1.60 bits per heavy atom. The number of benzene rings is 2. The topological polar surface area (TPSA) is 0 Å². The predicted octanol–water partition coefficient (Wildman–Crippen LogP) is 5.63. The molecular formula is C17H15F3. The van der Waals surface area contributed by atoms with Crippen molar-refractivity contribution in [2.45, 2.75) is 20.0 Å². The molecule has 0 aliphatic heterocycles. The lowest BCUT2D eigenvalue weighted by molar-refractivity contribution is -0.137. The van der Waals surface area contributed by atoms with E-state index in [1.165, 1.54) is 6.07 Å². The number of rotatable bonds is 2. The maximum Gasteiger partial charge on any atom is 0.417 e. The smallest absolute Gasteiger partial charge is 0.166 e. The van der Waals surface area contributed by atoms with Crippen molar-refractivity contribution in [3.63, 3.8) is 0 Å². The molecule has 3 heteroatoms. The van der Waals surface area contributed by atoms with Crippen molar-refractivity contribution in [2.75, 3.05) is 0 Å². The summed E-state index contributed by atoms with van der Waals surface area (Å²) in [6, 6.07) is 9.60. The highest BCUT2D eigenvalue weighted by atomic mass is 19.4. The van der Waals surface area contributed by atoms with Gasteiger partial charge in [-0.25, -0.2) is 0 Å². The Hall–Kier alpha value is -2.03. The van der Waals surface area contributed by atoms with Crippen molar-refractivity contribution >= 4 is 6.08 Å². The Morgan fingerprint density at radius 1 is 1.00 bits per heavy atom. The van der Waals surface area contributed by atoms with Gasteiger partial charge in [-0.05, 0) is 53.8 Å². The number of aryl methyl sites for hydroxylation is 2. The maximum absolute atomic E-state index is 13.2. The van der Waals surface area contributed by atoms with Crippen LogP contribution in [0.4, 0.5) is 13.2 Å². The van der Waals surface area contributed by atoms with Gasteiger partial charge in [-0.15, -0.1) is 0 Å². The van der Waals surface area contributed by atoms with E-state index >= 15 is 0 Å². The van der Waals surface area contributed by atoms with Gasteiger partial charge in [0, 0.05) is 0 Å². The van der Waals surface area contributed by atoms with E-state index in [0.717, 1.165) is 17.2 Å². The molecule has 0 fully saturated rings. The summed E-state index contributed by atoms with van der Waals surface area (Å²) < 4.78 is 39.6. The number of hydrogen-bond acceptors (Lipinski definition) is 0. The Labute approximate surface area is 116 Å². The zero-order chi connectivity index (χ0) is 14.9. The Kier molecular flexibility index (Phi) is 3.71. The first-order chi connectivity index (χ1) is 9.34. The van der Waals surface area contributed by atoms with E-state index in [9.17, 15) is 13.2 Å². The van der Waals surface area contributed by atoms with Crippen molar-refractivity contribution in [2.24, 2.45) is 0 Å². The predicted molar refractivity (Wildman–Crippen MR) is 76.4 cm³/mol. The van der Waals surface area contributed by atoms with Crippen molar-refractivity contribution < 1.29 is 13.2 Å². The molecule has 2 rings (SSSR count). The Morgan fingerprint density at radius 3 is 2.10 bits per heavy atom. The van der Waals surface area contributed by atoms with E-state index in [2.05, 4.69) is 6.58 Å². The molecule has 0 saturated carbocycles. The van der Waals surface area contributed by atoms with Crippen LogP contribution in [0.2, 0.25) is 0 Å². The van der Waals surface area contributed by atoms with Crippen LogP contribution < -0.4 is 0 Å². The van der Waals surface area contributed by atoms with Crippen LogP contribution in [-0.4, -0.2) is 0 Å². The van der Waals surface area contributed by atoms with Crippen LogP contribution in [0.25, 0.3) is 17.2 Å². The minimum atomic E-state index is -4.37. The molecule has 2 aromatic rings. The van der Waals surface area contributed by atoms with Gasteiger partial charge in [-0.2, -0.15) is 13.2 Å². The molecule has 0 unspecified atom stereocenters. The molecule has 20 heavy (non-hydrogen) atoms. The van der Waals surface area contributed by atoms with Crippen molar-refractivity contribution in [3.05, 3.63) is 65.2 Å². The van der Waals surface area contributed by atoms with Crippen LogP contribution in [-0.2, 0) is 6.18 Å². The molecule has 0 atom stereocenters. The van der Waals surface area contributed by atoms with Gasteiger partial charge in [0.05, 0.1) is 5.56 Å². The summed E-state index contributed by atoms with van der Waals surface area (Å²) in [5, 5.41) is 0. The zero-order valence-electron chi connectivity index (χ0n) is 11.4. The standard InChI is InChI=1S/C17H15F3/c1-4-13-8-9-15(17(18,19)20)14(10-13)16-11(2)6-5-7-12(16)3/h4-10H,1H2,2-3H3.